The van der Waals surface area contributed by atoms with Crippen LogP contribution in [0, 0.1) is 5.92 Å². The largest absolute Gasteiger partial charge is 0.490 e. The fourth-order valence-corrected chi connectivity index (χ4v) is 1.48. The van der Waals surface area contributed by atoms with Gasteiger partial charge in [0.1, 0.15) is 6.33 Å². The molecule has 0 amide bonds. The number of ether oxygens (including phenoxy) is 1. The molecule has 0 saturated heterocycles. The van der Waals surface area contributed by atoms with Crippen molar-refractivity contribution in [3.05, 3.63) is 6.33 Å². The van der Waals surface area contributed by atoms with Gasteiger partial charge in [0.15, 0.2) is 11.6 Å². The van der Waals surface area contributed by atoms with Crippen LogP contribution in [0.2, 0.25) is 0 Å². The lowest BCUT2D eigenvalue weighted by molar-refractivity contribution is 0.414. The molecule has 0 aliphatic heterocycles. The molecule has 1 rings (SSSR count). The fourth-order valence-electron chi connectivity index (χ4n) is 1.48. The minimum Gasteiger partial charge on any atom is -0.490 e. The third-order valence-corrected chi connectivity index (χ3v) is 2.87. The second kappa shape index (κ2) is 7.74. The third kappa shape index (κ3) is 4.05. The second-order valence-corrected chi connectivity index (χ2v) is 4.43. The van der Waals surface area contributed by atoms with Crippen molar-refractivity contribution < 1.29 is 4.74 Å². The Kier molecular flexibility index (Phi) is 6.25. The van der Waals surface area contributed by atoms with E-state index in [9.17, 15) is 0 Å². The SMILES string of the molecule is CCCNc1ncnc(NCC(C)CC)c1OC. The van der Waals surface area contributed by atoms with Crippen LogP contribution in [0.15, 0.2) is 6.33 Å². The van der Waals surface area contributed by atoms with Crippen LogP contribution >= 0.6 is 0 Å². The lowest BCUT2D eigenvalue weighted by atomic mass is 10.1. The van der Waals surface area contributed by atoms with Gasteiger partial charge in [0.05, 0.1) is 7.11 Å². The lowest BCUT2D eigenvalue weighted by Crippen LogP contribution is -2.13. The van der Waals surface area contributed by atoms with Gasteiger partial charge in [-0.3, -0.25) is 0 Å². The van der Waals surface area contributed by atoms with E-state index in [1.165, 1.54) is 0 Å². The van der Waals surface area contributed by atoms with Crippen LogP contribution in [0.1, 0.15) is 33.6 Å². The van der Waals surface area contributed by atoms with E-state index in [-0.39, 0.29) is 0 Å². The summed E-state index contributed by atoms with van der Waals surface area (Å²) in [6.45, 7) is 8.26. The van der Waals surface area contributed by atoms with Gasteiger partial charge in [-0.25, -0.2) is 9.97 Å². The van der Waals surface area contributed by atoms with Crippen molar-refractivity contribution >= 4 is 11.6 Å². The van der Waals surface area contributed by atoms with E-state index < -0.39 is 0 Å². The quantitative estimate of drug-likeness (QED) is 0.745. The summed E-state index contributed by atoms with van der Waals surface area (Å²) in [5.41, 5.74) is 0. The third-order valence-electron chi connectivity index (χ3n) is 2.87. The van der Waals surface area contributed by atoms with Crippen molar-refractivity contribution in [1.29, 1.82) is 0 Å². The number of methoxy groups -OCH3 is 1. The minimum absolute atomic E-state index is 0.608. The molecule has 0 aliphatic rings. The summed E-state index contributed by atoms with van der Waals surface area (Å²) in [5, 5.41) is 6.56. The zero-order chi connectivity index (χ0) is 13.4. The summed E-state index contributed by atoms with van der Waals surface area (Å²) < 4.78 is 5.39. The van der Waals surface area contributed by atoms with E-state index in [4.69, 9.17) is 4.74 Å². The van der Waals surface area contributed by atoms with Gasteiger partial charge < -0.3 is 15.4 Å². The van der Waals surface area contributed by atoms with Gasteiger partial charge in [-0.2, -0.15) is 0 Å². The Labute approximate surface area is 109 Å². The van der Waals surface area contributed by atoms with Crippen molar-refractivity contribution in [1.82, 2.24) is 9.97 Å². The van der Waals surface area contributed by atoms with Crippen molar-refractivity contribution in [2.75, 3.05) is 30.8 Å². The lowest BCUT2D eigenvalue weighted by Gasteiger charge is -2.15. The van der Waals surface area contributed by atoms with Gasteiger partial charge in [0.2, 0.25) is 5.75 Å². The van der Waals surface area contributed by atoms with Crippen LogP contribution in [-0.2, 0) is 0 Å². The first-order valence-electron chi connectivity index (χ1n) is 6.59. The molecule has 18 heavy (non-hydrogen) atoms. The summed E-state index contributed by atoms with van der Waals surface area (Å²) in [4.78, 5) is 8.45. The fraction of sp³-hybridized carbons (Fsp3) is 0.692. The molecule has 0 radical (unpaired) electrons. The summed E-state index contributed by atoms with van der Waals surface area (Å²) >= 11 is 0. The Morgan fingerprint density at radius 2 is 1.89 bits per heavy atom. The monoisotopic (exact) mass is 252 g/mol. The Morgan fingerprint density at radius 3 is 2.44 bits per heavy atom. The van der Waals surface area contributed by atoms with Gasteiger partial charge in [0, 0.05) is 13.1 Å². The first-order valence-corrected chi connectivity index (χ1v) is 6.59. The topological polar surface area (TPSA) is 59.1 Å². The summed E-state index contributed by atoms with van der Waals surface area (Å²) in [7, 11) is 1.64. The summed E-state index contributed by atoms with van der Waals surface area (Å²) in [6, 6.07) is 0. The van der Waals surface area contributed by atoms with Crippen LogP contribution in [0.5, 0.6) is 5.75 Å². The molecule has 0 saturated carbocycles. The van der Waals surface area contributed by atoms with Crippen LogP contribution in [0.25, 0.3) is 0 Å². The maximum absolute atomic E-state index is 5.39. The number of hydrogen-bond acceptors (Lipinski definition) is 5. The normalized spacial score (nSPS) is 12.0. The average molecular weight is 252 g/mol. The Bertz CT molecular complexity index is 357. The maximum atomic E-state index is 5.39. The van der Waals surface area contributed by atoms with Crippen molar-refractivity contribution in [2.45, 2.75) is 33.6 Å². The molecule has 5 nitrogen and oxygen atoms in total. The van der Waals surface area contributed by atoms with Gasteiger partial charge >= 0.3 is 0 Å². The van der Waals surface area contributed by atoms with Crippen molar-refractivity contribution in [2.24, 2.45) is 5.92 Å². The van der Waals surface area contributed by atoms with Crippen LogP contribution in [-0.4, -0.2) is 30.2 Å². The average Bonchev–Trinajstić information content (AvgIpc) is 2.42. The van der Waals surface area contributed by atoms with E-state index in [1.54, 1.807) is 13.4 Å². The Morgan fingerprint density at radius 1 is 1.22 bits per heavy atom. The number of nitrogens with one attached hydrogen (secondary N) is 2. The molecule has 0 spiro atoms. The first kappa shape index (κ1) is 14.5. The van der Waals surface area contributed by atoms with E-state index >= 15 is 0 Å². The number of aromatic nitrogens is 2. The van der Waals surface area contributed by atoms with Crippen LogP contribution in [0.4, 0.5) is 11.6 Å². The highest BCUT2D eigenvalue weighted by atomic mass is 16.5. The highest BCUT2D eigenvalue weighted by Crippen LogP contribution is 2.28. The van der Waals surface area contributed by atoms with Gasteiger partial charge in [-0.1, -0.05) is 27.2 Å². The predicted molar refractivity (Wildman–Crippen MR) is 75.3 cm³/mol. The molecule has 5 heteroatoms. The number of nitrogens with zero attached hydrogens (tertiary/aromatic N) is 2. The molecule has 0 aliphatic carbocycles. The van der Waals surface area contributed by atoms with E-state index in [0.717, 1.165) is 37.6 Å². The summed E-state index contributed by atoms with van der Waals surface area (Å²) in [6.07, 6.45) is 3.74. The molecule has 1 aromatic heterocycles. The van der Waals surface area contributed by atoms with E-state index in [1.807, 2.05) is 0 Å². The molecular formula is C13H24N4O. The second-order valence-electron chi connectivity index (χ2n) is 4.43. The van der Waals surface area contributed by atoms with Crippen LogP contribution < -0.4 is 15.4 Å². The molecule has 102 valence electrons. The molecule has 0 aromatic carbocycles. The minimum atomic E-state index is 0.608. The molecule has 0 bridgehead atoms. The number of hydrogen-bond donors (Lipinski definition) is 2. The molecule has 1 heterocycles. The molecule has 1 atom stereocenters. The van der Waals surface area contributed by atoms with Gasteiger partial charge in [-0.15, -0.1) is 0 Å². The van der Waals surface area contributed by atoms with E-state index in [0.29, 0.717) is 11.7 Å². The number of rotatable bonds is 8. The predicted octanol–water partition coefficient (Wildman–Crippen LogP) is 2.77. The Hall–Kier alpha value is -1.52. The van der Waals surface area contributed by atoms with Crippen LogP contribution in [0.3, 0.4) is 0 Å². The smallest absolute Gasteiger partial charge is 0.204 e. The number of anilines is 2. The highest BCUT2D eigenvalue weighted by Gasteiger charge is 2.11. The summed E-state index contributed by atoms with van der Waals surface area (Å²) in [5.74, 6) is 2.80. The first-order chi connectivity index (χ1) is 8.72. The van der Waals surface area contributed by atoms with E-state index in [2.05, 4.69) is 41.4 Å². The van der Waals surface area contributed by atoms with Gasteiger partial charge in [-0.05, 0) is 12.3 Å². The molecule has 2 N–H and O–H groups in total. The van der Waals surface area contributed by atoms with Crippen molar-refractivity contribution in [3.63, 3.8) is 0 Å². The van der Waals surface area contributed by atoms with Crippen molar-refractivity contribution in [3.8, 4) is 5.75 Å². The van der Waals surface area contributed by atoms with Gasteiger partial charge in [0.25, 0.3) is 0 Å². The highest BCUT2D eigenvalue weighted by molar-refractivity contribution is 5.63. The molecule has 1 unspecified atom stereocenters. The molecule has 1 aromatic rings. The Balaban J connectivity index is 2.77. The zero-order valence-corrected chi connectivity index (χ0v) is 11.8. The molecule has 0 fully saturated rings. The zero-order valence-electron chi connectivity index (χ0n) is 11.8. The molecular weight excluding hydrogens is 228 g/mol. The maximum Gasteiger partial charge on any atom is 0.204 e. The standard InChI is InChI=1S/C13H24N4O/c1-5-7-14-12-11(18-4)13(17-9-16-12)15-8-10(3)6-2/h9-10H,5-8H2,1-4H3,(H2,14,15,16,17).